The molecular formula is C17H25N3O4S. The molecule has 0 aromatic carbocycles. The third-order valence-electron chi connectivity index (χ3n) is 4.32. The molecule has 1 aromatic heterocycles. The van der Waals surface area contributed by atoms with Crippen molar-refractivity contribution < 1.29 is 19.1 Å². The molecule has 1 N–H and O–H groups in total. The molecule has 1 atom stereocenters. The van der Waals surface area contributed by atoms with Crippen LogP contribution in [0.3, 0.4) is 0 Å². The fourth-order valence-corrected chi connectivity index (χ4v) is 3.65. The molecule has 7 nitrogen and oxygen atoms in total. The third kappa shape index (κ3) is 5.19. The second kappa shape index (κ2) is 8.84. The van der Waals surface area contributed by atoms with Gasteiger partial charge in [0.15, 0.2) is 0 Å². The molecule has 3 amide bonds. The Labute approximate surface area is 151 Å². The highest BCUT2D eigenvalue weighted by Gasteiger charge is 2.30. The molecule has 1 aliphatic rings. The van der Waals surface area contributed by atoms with E-state index in [9.17, 15) is 14.4 Å². The van der Waals surface area contributed by atoms with Crippen LogP contribution in [0.4, 0.5) is 4.79 Å². The lowest BCUT2D eigenvalue weighted by Gasteiger charge is -2.33. The van der Waals surface area contributed by atoms with Crippen molar-refractivity contribution in [1.82, 2.24) is 15.1 Å². The standard InChI is InChI=1S/C17H25N3O4S/c1-19(2)17(23)20-8-6-12(7-9-20)16(22)18-13(11-15(21)24-3)14-5-4-10-25-14/h4-5,10,12-13H,6-9,11H2,1-3H3,(H,18,22). The van der Waals surface area contributed by atoms with E-state index in [1.54, 1.807) is 23.9 Å². The molecule has 2 rings (SSSR count). The lowest BCUT2D eigenvalue weighted by atomic mass is 9.95. The van der Waals surface area contributed by atoms with E-state index in [1.165, 1.54) is 18.4 Å². The normalized spacial score (nSPS) is 16.2. The number of urea groups is 1. The molecule has 2 heterocycles. The first-order valence-electron chi connectivity index (χ1n) is 8.29. The second-order valence-corrected chi connectivity index (χ2v) is 7.27. The van der Waals surface area contributed by atoms with Crippen LogP contribution in [0.15, 0.2) is 17.5 Å². The molecule has 0 spiro atoms. The van der Waals surface area contributed by atoms with Crippen LogP contribution < -0.4 is 5.32 Å². The summed E-state index contributed by atoms with van der Waals surface area (Å²) in [7, 11) is 4.78. The van der Waals surface area contributed by atoms with Crippen LogP contribution in [0, 0.1) is 5.92 Å². The topological polar surface area (TPSA) is 79.0 Å². The molecule has 0 radical (unpaired) electrons. The average molecular weight is 367 g/mol. The van der Waals surface area contributed by atoms with Gasteiger partial charge in [0, 0.05) is 38.0 Å². The van der Waals surface area contributed by atoms with Crippen molar-refractivity contribution in [1.29, 1.82) is 0 Å². The number of thiophene rings is 1. The van der Waals surface area contributed by atoms with Gasteiger partial charge in [0.05, 0.1) is 19.6 Å². The summed E-state index contributed by atoms with van der Waals surface area (Å²) >= 11 is 1.50. The minimum atomic E-state index is -0.374. The van der Waals surface area contributed by atoms with Crippen molar-refractivity contribution in [3.63, 3.8) is 0 Å². The number of likely N-dealkylation sites (tertiary alicyclic amines) is 1. The first-order chi connectivity index (χ1) is 11.9. The number of hydrogen-bond acceptors (Lipinski definition) is 5. The zero-order valence-electron chi connectivity index (χ0n) is 14.9. The van der Waals surface area contributed by atoms with Gasteiger partial charge in [-0.2, -0.15) is 0 Å². The number of rotatable bonds is 5. The van der Waals surface area contributed by atoms with Crippen LogP contribution in [0.1, 0.15) is 30.2 Å². The number of amides is 3. The molecule has 1 aliphatic heterocycles. The van der Waals surface area contributed by atoms with Crippen LogP contribution in [-0.4, -0.2) is 62.0 Å². The molecular weight excluding hydrogens is 342 g/mol. The van der Waals surface area contributed by atoms with Crippen LogP contribution in [0.5, 0.6) is 0 Å². The molecule has 25 heavy (non-hydrogen) atoms. The Morgan fingerprint density at radius 2 is 2.04 bits per heavy atom. The largest absolute Gasteiger partial charge is 0.469 e. The van der Waals surface area contributed by atoms with Crippen LogP contribution in [-0.2, 0) is 14.3 Å². The fourth-order valence-electron chi connectivity index (χ4n) is 2.87. The zero-order chi connectivity index (χ0) is 18.4. The van der Waals surface area contributed by atoms with Gasteiger partial charge in [0.1, 0.15) is 0 Å². The second-order valence-electron chi connectivity index (χ2n) is 6.30. The van der Waals surface area contributed by atoms with Crippen molar-refractivity contribution in [2.45, 2.75) is 25.3 Å². The number of methoxy groups -OCH3 is 1. The number of ether oxygens (including phenoxy) is 1. The minimum absolute atomic E-state index is 0.0268. The van der Waals surface area contributed by atoms with E-state index in [1.807, 2.05) is 17.5 Å². The first kappa shape index (κ1) is 19.2. The number of esters is 1. The maximum Gasteiger partial charge on any atom is 0.319 e. The summed E-state index contributed by atoms with van der Waals surface area (Å²) in [6.45, 7) is 1.13. The van der Waals surface area contributed by atoms with Gasteiger partial charge in [-0.3, -0.25) is 9.59 Å². The van der Waals surface area contributed by atoms with E-state index >= 15 is 0 Å². The Bertz CT molecular complexity index is 595. The highest BCUT2D eigenvalue weighted by molar-refractivity contribution is 7.10. The zero-order valence-corrected chi connectivity index (χ0v) is 15.7. The van der Waals surface area contributed by atoms with Gasteiger partial charge in [-0.25, -0.2) is 4.79 Å². The van der Waals surface area contributed by atoms with E-state index in [0.717, 1.165) is 4.88 Å². The summed E-state index contributed by atoms with van der Waals surface area (Å²) in [6.07, 6.45) is 1.36. The summed E-state index contributed by atoms with van der Waals surface area (Å²) in [5.41, 5.74) is 0. The van der Waals surface area contributed by atoms with Crippen molar-refractivity contribution >= 4 is 29.2 Å². The monoisotopic (exact) mass is 367 g/mol. The van der Waals surface area contributed by atoms with Gasteiger partial charge in [-0.05, 0) is 24.3 Å². The van der Waals surface area contributed by atoms with Gasteiger partial charge in [-0.15, -0.1) is 11.3 Å². The van der Waals surface area contributed by atoms with Crippen molar-refractivity contribution in [3.8, 4) is 0 Å². The van der Waals surface area contributed by atoms with E-state index in [0.29, 0.717) is 25.9 Å². The molecule has 0 saturated carbocycles. The lowest BCUT2D eigenvalue weighted by Crippen LogP contribution is -2.46. The molecule has 8 heteroatoms. The van der Waals surface area contributed by atoms with Crippen LogP contribution >= 0.6 is 11.3 Å². The average Bonchev–Trinajstić information content (AvgIpc) is 3.14. The Morgan fingerprint density at radius 3 is 2.56 bits per heavy atom. The molecule has 1 aromatic rings. The smallest absolute Gasteiger partial charge is 0.319 e. The predicted octanol–water partition coefficient (Wildman–Crippen LogP) is 1.86. The van der Waals surface area contributed by atoms with Gasteiger partial charge in [0.25, 0.3) is 0 Å². The minimum Gasteiger partial charge on any atom is -0.469 e. The van der Waals surface area contributed by atoms with Gasteiger partial charge in [0.2, 0.25) is 5.91 Å². The fraction of sp³-hybridized carbons (Fsp3) is 0.588. The van der Waals surface area contributed by atoms with Crippen molar-refractivity contribution in [2.75, 3.05) is 34.3 Å². The van der Waals surface area contributed by atoms with E-state index in [4.69, 9.17) is 4.74 Å². The highest BCUT2D eigenvalue weighted by atomic mass is 32.1. The van der Waals surface area contributed by atoms with Gasteiger partial charge < -0.3 is 19.9 Å². The Hall–Kier alpha value is -2.09. The summed E-state index contributed by atoms with van der Waals surface area (Å²) < 4.78 is 4.73. The van der Waals surface area contributed by atoms with E-state index in [2.05, 4.69) is 5.32 Å². The number of carbonyl (C=O) groups is 3. The molecule has 1 unspecified atom stereocenters. The lowest BCUT2D eigenvalue weighted by molar-refractivity contribution is -0.141. The summed E-state index contributed by atoms with van der Waals surface area (Å²) in [4.78, 5) is 40.4. The summed E-state index contributed by atoms with van der Waals surface area (Å²) in [6, 6.07) is 3.39. The maximum absolute atomic E-state index is 12.6. The number of piperidine rings is 1. The predicted molar refractivity (Wildman–Crippen MR) is 95.2 cm³/mol. The molecule has 0 bridgehead atoms. The number of nitrogens with one attached hydrogen (secondary N) is 1. The van der Waals surface area contributed by atoms with Crippen LogP contribution in [0.2, 0.25) is 0 Å². The summed E-state index contributed by atoms with van der Waals surface area (Å²) in [5.74, 6) is -0.573. The van der Waals surface area contributed by atoms with Gasteiger partial charge >= 0.3 is 12.0 Å². The first-order valence-corrected chi connectivity index (χ1v) is 9.17. The van der Waals surface area contributed by atoms with Crippen molar-refractivity contribution in [3.05, 3.63) is 22.4 Å². The number of carbonyl (C=O) groups excluding carboxylic acids is 3. The number of hydrogen-bond donors (Lipinski definition) is 1. The molecule has 0 aliphatic carbocycles. The Morgan fingerprint density at radius 1 is 1.36 bits per heavy atom. The Kier molecular flexibility index (Phi) is 6.81. The SMILES string of the molecule is COC(=O)CC(NC(=O)C1CCN(C(=O)N(C)C)CC1)c1cccs1. The highest BCUT2D eigenvalue weighted by Crippen LogP contribution is 2.25. The van der Waals surface area contributed by atoms with Crippen LogP contribution in [0.25, 0.3) is 0 Å². The molecule has 1 fully saturated rings. The third-order valence-corrected chi connectivity index (χ3v) is 5.31. The number of nitrogens with zero attached hydrogens (tertiary/aromatic N) is 2. The van der Waals surface area contributed by atoms with Gasteiger partial charge in [-0.1, -0.05) is 6.07 Å². The van der Waals surface area contributed by atoms with E-state index < -0.39 is 0 Å². The van der Waals surface area contributed by atoms with Crippen molar-refractivity contribution in [2.24, 2.45) is 5.92 Å². The molecule has 138 valence electrons. The Balaban J connectivity index is 1.93. The summed E-state index contributed by atoms with van der Waals surface area (Å²) in [5, 5.41) is 4.89. The van der Waals surface area contributed by atoms with E-state index in [-0.39, 0.29) is 36.3 Å². The maximum atomic E-state index is 12.6. The molecule has 1 saturated heterocycles. The quantitative estimate of drug-likeness (QED) is 0.806.